The van der Waals surface area contributed by atoms with Crippen molar-refractivity contribution in [2.45, 2.75) is 39.8 Å². The van der Waals surface area contributed by atoms with Gasteiger partial charge in [0.15, 0.2) is 5.78 Å². The molecule has 5 rings (SSSR count). The minimum atomic E-state index is -1.10. The van der Waals surface area contributed by atoms with Crippen molar-refractivity contribution in [3.63, 3.8) is 0 Å². The number of hydrogen-bond acceptors (Lipinski definition) is 4. The van der Waals surface area contributed by atoms with E-state index in [-0.39, 0.29) is 23.0 Å². The molecule has 2 aliphatic carbocycles. The van der Waals surface area contributed by atoms with E-state index in [0.29, 0.717) is 5.71 Å². The minimum absolute atomic E-state index is 0.00813. The molecule has 0 saturated heterocycles. The molecule has 33 heavy (non-hydrogen) atoms. The molecule has 2 aromatic carbocycles. The van der Waals surface area contributed by atoms with E-state index in [2.05, 4.69) is 19.2 Å². The SMILES string of the molecule is CN1C(=O)[C@H](NC(=O)C2C(=O)C3(C)CCC2C3(C)C)N=C(c2ccccc2)c2ccccc21. The fourth-order valence-electron chi connectivity index (χ4n) is 6.06. The first-order valence-corrected chi connectivity index (χ1v) is 11.5. The third kappa shape index (κ3) is 3.00. The number of anilines is 1. The van der Waals surface area contributed by atoms with Gasteiger partial charge in [0.1, 0.15) is 5.92 Å². The van der Waals surface area contributed by atoms with Gasteiger partial charge in [0, 0.05) is 23.6 Å². The number of benzodiazepines with no additional fused rings is 1. The van der Waals surface area contributed by atoms with Gasteiger partial charge < -0.3 is 10.2 Å². The summed E-state index contributed by atoms with van der Waals surface area (Å²) in [5.74, 6) is -1.49. The highest BCUT2D eigenvalue weighted by atomic mass is 16.2. The Morgan fingerprint density at radius 2 is 1.70 bits per heavy atom. The number of amides is 2. The van der Waals surface area contributed by atoms with E-state index < -0.39 is 23.4 Å². The lowest BCUT2D eigenvalue weighted by atomic mass is 9.70. The maximum atomic E-state index is 13.5. The molecule has 3 unspecified atom stereocenters. The van der Waals surface area contributed by atoms with Gasteiger partial charge >= 0.3 is 0 Å². The lowest BCUT2D eigenvalue weighted by molar-refractivity contribution is -0.140. The van der Waals surface area contributed by atoms with Crippen molar-refractivity contribution < 1.29 is 14.4 Å². The first-order chi connectivity index (χ1) is 15.7. The number of Topliss-reactive ketones (excluding diaryl/α,β-unsaturated/α-hetero) is 1. The summed E-state index contributed by atoms with van der Waals surface area (Å²) >= 11 is 0. The summed E-state index contributed by atoms with van der Waals surface area (Å²) < 4.78 is 0. The van der Waals surface area contributed by atoms with E-state index in [0.717, 1.165) is 29.7 Å². The molecule has 0 aromatic heterocycles. The summed E-state index contributed by atoms with van der Waals surface area (Å²) in [5, 5.41) is 2.85. The molecule has 0 radical (unpaired) electrons. The Kier molecular flexibility index (Phi) is 4.82. The molecule has 1 aliphatic heterocycles. The molecule has 1 heterocycles. The number of nitrogens with zero attached hydrogens (tertiary/aromatic N) is 2. The Labute approximate surface area is 194 Å². The summed E-state index contributed by atoms with van der Waals surface area (Å²) in [6, 6.07) is 17.2. The number of carbonyl (C=O) groups excluding carboxylic acids is 3. The van der Waals surface area contributed by atoms with Crippen LogP contribution in [0.25, 0.3) is 0 Å². The van der Waals surface area contributed by atoms with Gasteiger partial charge in [-0.05, 0) is 30.2 Å². The molecule has 2 aromatic rings. The number of benzene rings is 2. The number of aliphatic imine (C=N–C) groups is 1. The first kappa shape index (κ1) is 21.6. The smallest absolute Gasteiger partial charge is 0.272 e. The Hall–Kier alpha value is -3.28. The fraction of sp³-hybridized carbons (Fsp3) is 0.407. The van der Waals surface area contributed by atoms with E-state index >= 15 is 0 Å². The number of hydrogen-bond donors (Lipinski definition) is 1. The van der Waals surface area contributed by atoms with Gasteiger partial charge in [-0.2, -0.15) is 0 Å². The maximum absolute atomic E-state index is 13.5. The van der Waals surface area contributed by atoms with Crippen LogP contribution in [0, 0.1) is 22.7 Å². The zero-order valence-electron chi connectivity index (χ0n) is 19.5. The minimum Gasteiger partial charge on any atom is -0.326 e. The van der Waals surface area contributed by atoms with Crippen LogP contribution < -0.4 is 10.2 Å². The van der Waals surface area contributed by atoms with Crippen LogP contribution in [-0.4, -0.2) is 36.5 Å². The van der Waals surface area contributed by atoms with Crippen molar-refractivity contribution in [3.8, 4) is 0 Å². The van der Waals surface area contributed by atoms with E-state index in [9.17, 15) is 14.4 Å². The van der Waals surface area contributed by atoms with Crippen LogP contribution >= 0.6 is 0 Å². The highest BCUT2D eigenvalue weighted by Crippen LogP contribution is 2.65. The zero-order valence-corrected chi connectivity index (χ0v) is 19.5. The Bertz CT molecular complexity index is 1190. The number of carbonyl (C=O) groups is 3. The summed E-state index contributed by atoms with van der Waals surface area (Å²) in [6.07, 6.45) is 0.549. The molecule has 1 N–H and O–H groups in total. The predicted octanol–water partition coefficient (Wildman–Crippen LogP) is 3.58. The van der Waals surface area contributed by atoms with E-state index in [1.54, 1.807) is 7.05 Å². The van der Waals surface area contributed by atoms with Crippen molar-refractivity contribution in [3.05, 3.63) is 65.7 Å². The van der Waals surface area contributed by atoms with Crippen LogP contribution in [0.1, 0.15) is 44.7 Å². The number of para-hydroxylation sites is 1. The molecule has 2 fully saturated rings. The van der Waals surface area contributed by atoms with Crippen molar-refractivity contribution in [1.29, 1.82) is 0 Å². The molecular formula is C27H29N3O3. The standard InChI is InChI=1S/C27H29N3O3/c1-26(2)18-14-15-27(26,3)22(31)20(18)24(32)29-23-25(33)30(4)19-13-9-8-12-17(19)21(28-23)16-10-6-5-7-11-16/h5-13,18,20,23H,14-15H2,1-4H3,(H,29,32)/t18?,20?,23-,27?/m0/s1. The van der Waals surface area contributed by atoms with Crippen molar-refractivity contribution in [2.75, 3.05) is 11.9 Å². The number of fused-ring (bicyclic) bond motifs is 3. The quantitative estimate of drug-likeness (QED) is 0.737. The van der Waals surface area contributed by atoms with Gasteiger partial charge in [-0.15, -0.1) is 0 Å². The fourth-order valence-corrected chi connectivity index (χ4v) is 6.06. The highest BCUT2D eigenvalue weighted by molar-refractivity contribution is 6.20. The molecule has 0 spiro atoms. The average Bonchev–Trinajstić information content (AvgIpc) is 3.08. The lowest BCUT2D eigenvalue weighted by Gasteiger charge is -2.32. The largest absolute Gasteiger partial charge is 0.326 e. The van der Waals surface area contributed by atoms with Crippen LogP contribution in [0.2, 0.25) is 0 Å². The molecule has 170 valence electrons. The molecule has 2 amide bonds. The van der Waals surface area contributed by atoms with Crippen molar-refractivity contribution in [2.24, 2.45) is 27.7 Å². The Morgan fingerprint density at radius 1 is 1.03 bits per heavy atom. The van der Waals surface area contributed by atoms with E-state index in [1.807, 2.05) is 61.5 Å². The number of likely N-dealkylation sites (N-methyl/N-ethyl adjacent to an activating group) is 1. The van der Waals surface area contributed by atoms with Crippen LogP contribution in [0.4, 0.5) is 5.69 Å². The van der Waals surface area contributed by atoms with Crippen LogP contribution in [-0.2, 0) is 14.4 Å². The number of ketones is 1. The summed E-state index contributed by atoms with van der Waals surface area (Å²) in [7, 11) is 1.69. The van der Waals surface area contributed by atoms with E-state index in [1.165, 1.54) is 4.90 Å². The normalized spacial score (nSPS) is 30.0. The topological polar surface area (TPSA) is 78.8 Å². The molecular weight excluding hydrogens is 414 g/mol. The van der Waals surface area contributed by atoms with Gasteiger partial charge in [0.2, 0.25) is 12.1 Å². The van der Waals surface area contributed by atoms with Crippen molar-refractivity contribution in [1.82, 2.24) is 5.32 Å². The zero-order chi connectivity index (χ0) is 23.5. The molecule has 6 heteroatoms. The number of nitrogens with one attached hydrogen (secondary N) is 1. The highest BCUT2D eigenvalue weighted by Gasteiger charge is 2.68. The molecule has 4 atom stereocenters. The molecule has 6 nitrogen and oxygen atoms in total. The van der Waals surface area contributed by atoms with E-state index in [4.69, 9.17) is 4.99 Å². The summed E-state index contributed by atoms with van der Waals surface area (Å²) in [6.45, 7) is 6.15. The van der Waals surface area contributed by atoms with Gasteiger partial charge in [0.05, 0.1) is 11.4 Å². The maximum Gasteiger partial charge on any atom is 0.272 e. The molecule has 3 aliphatic rings. The predicted molar refractivity (Wildman–Crippen MR) is 127 cm³/mol. The second-order valence-corrected chi connectivity index (χ2v) is 10.2. The van der Waals surface area contributed by atoms with Gasteiger partial charge in [0.25, 0.3) is 5.91 Å². The first-order valence-electron chi connectivity index (χ1n) is 11.5. The van der Waals surface area contributed by atoms with Crippen LogP contribution in [0.5, 0.6) is 0 Å². The Morgan fingerprint density at radius 3 is 2.36 bits per heavy atom. The average molecular weight is 444 g/mol. The number of rotatable bonds is 3. The van der Waals surface area contributed by atoms with Crippen molar-refractivity contribution >= 4 is 29.0 Å². The second kappa shape index (κ2) is 7.37. The van der Waals surface area contributed by atoms with Crippen LogP contribution in [0.3, 0.4) is 0 Å². The monoisotopic (exact) mass is 443 g/mol. The molecule has 2 saturated carbocycles. The third-order valence-electron chi connectivity index (χ3n) is 8.48. The Balaban J connectivity index is 1.53. The third-order valence-corrected chi connectivity index (χ3v) is 8.48. The second-order valence-electron chi connectivity index (χ2n) is 10.2. The summed E-state index contributed by atoms with van der Waals surface area (Å²) in [5.41, 5.74) is 2.30. The van der Waals surface area contributed by atoms with Gasteiger partial charge in [-0.25, -0.2) is 4.99 Å². The summed E-state index contributed by atoms with van der Waals surface area (Å²) in [4.78, 5) is 46.4. The van der Waals surface area contributed by atoms with Gasteiger partial charge in [-0.3, -0.25) is 14.4 Å². The molecule has 2 bridgehead atoms. The van der Waals surface area contributed by atoms with Crippen LogP contribution in [0.15, 0.2) is 59.6 Å². The lowest BCUT2D eigenvalue weighted by Crippen LogP contribution is -2.50. The van der Waals surface area contributed by atoms with Gasteiger partial charge in [-0.1, -0.05) is 69.3 Å².